The summed E-state index contributed by atoms with van der Waals surface area (Å²) in [4.78, 5) is 12.2. The summed E-state index contributed by atoms with van der Waals surface area (Å²) in [6.07, 6.45) is 0. The van der Waals surface area contributed by atoms with E-state index < -0.39 is 5.63 Å². The minimum absolute atomic E-state index is 0.431. The highest BCUT2D eigenvalue weighted by molar-refractivity contribution is 9.10. The van der Waals surface area contributed by atoms with Crippen molar-refractivity contribution in [3.8, 4) is 16.9 Å². The number of methoxy groups -OCH3 is 1. The number of benzene rings is 2. The molecule has 0 fully saturated rings. The van der Waals surface area contributed by atoms with E-state index in [1.165, 1.54) is 0 Å². The van der Waals surface area contributed by atoms with Crippen molar-refractivity contribution in [3.63, 3.8) is 0 Å². The van der Waals surface area contributed by atoms with Gasteiger partial charge in [-0.3, -0.25) is 0 Å². The van der Waals surface area contributed by atoms with Gasteiger partial charge in [0.15, 0.2) is 0 Å². The Morgan fingerprint density at radius 1 is 1.10 bits per heavy atom. The Hall–Kier alpha value is -1.78. The summed E-state index contributed by atoms with van der Waals surface area (Å²) in [7, 11) is 1.56. The summed E-state index contributed by atoms with van der Waals surface area (Å²) in [6.45, 7) is 0. The van der Waals surface area contributed by atoms with Gasteiger partial charge in [0.2, 0.25) is 0 Å². The molecule has 1 heterocycles. The molecule has 0 aliphatic carbocycles. The number of rotatable bonds is 2. The van der Waals surface area contributed by atoms with Crippen LogP contribution in [0.4, 0.5) is 0 Å². The third-order valence-electron chi connectivity index (χ3n) is 3.16. The van der Waals surface area contributed by atoms with E-state index in [4.69, 9.17) is 20.8 Å². The summed E-state index contributed by atoms with van der Waals surface area (Å²) in [5.74, 6) is 0.639. The minimum atomic E-state index is -0.431. The van der Waals surface area contributed by atoms with Gasteiger partial charge in [0.25, 0.3) is 0 Å². The first kappa shape index (κ1) is 14.2. The van der Waals surface area contributed by atoms with Crippen molar-refractivity contribution in [2.24, 2.45) is 0 Å². The van der Waals surface area contributed by atoms with Crippen molar-refractivity contribution in [2.75, 3.05) is 7.11 Å². The van der Waals surface area contributed by atoms with Crippen molar-refractivity contribution in [2.45, 2.75) is 0 Å². The molecule has 1 aromatic heterocycles. The number of fused-ring (bicyclic) bond motifs is 1. The van der Waals surface area contributed by atoms with E-state index in [0.29, 0.717) is 27.5 Å². The van der Waals surface area contributed by atoms with Crippen LogP contribution in [0.2, 0.25) is 5.02 Å². The molecule has 0 N–H and O–H groups in total. The fourth-order valence-corrected chi connectivity index (χ4v) is 2.89. The second-order valence-electron chi connectivity index (χ2n) is 4.48. The van der Waals surface area contributed by atoms with E-state index in [0.717, 1.165) is 9.86 Å². The average Bonchev–Trinajstić information content (AvgIpc) is 2.46. The zero-order valence-corrected chi connectivity index (χ0v) is 13.4. The Bertz CT molecular complexity index is 886. The van der Waals surface area contributed by atoms with Gasteiger partial charge in [-0.15, -0.1) is 0 Å². The summed E-state index contributed by atoms with van der Waals surface area (Å²) < 4.78 is 11.3. The van der Waals surface area contributed by atoms with Crippen LogP contribution in [0.15, 0.2) is 56.1 Å². The maximum absolute atomic E-state index is 12.2. The van der Waals surface area contributed by atoms with Gasteiger partial charge in [0.1, 0.15) is 11.3 Å². The second kappa shape index (κ2) is 5.54. The molecule has 5 heteroatoms. The van der Waals surface area contributed by atoms with Crippen LogP contribution in [0.1, 0.15) is 0 Å². The van der Waals surface area contributed by atoms with Gasteiger partial charge in [-0.25, -0.2) is 4.79 Å². The fraction of sp³-hybridized carbons (Fsp3) is 0.0625. The molecule has 0 radical (unpaired) electrons. The molecule has 0 atom stereocenters. The topological polar surface area (TPSA) is 39.4 Å². The van der Waals surface area contributed by atoms with Gasteiger partial charge >= 0.3 is 5.63 Å². The maximum atomic E-state index is 12.2. The number of halogens is 2. The molecule has 21 heavy (non-hydrogen) atoms. The van der Waals surface area contributed by atoms with Crippen LogP contribution in [0.5, 0.6) is 5.75 Å². The normalized spacial score (nSPS) is 10.8. The average molecular weight is 366 g/mol. The summed E-state index contributed by atoms with van der Waals surface area (Å²) >= 11 is 9.55. The van der Waals surface area contributed by atoms with Gasteiger partial charge in [0, 0.05) is 26.5 Å². The zero-order valence-electron chi connectivity index (χ0n) is 11.0. The van der Waals surface area contributed by atoms with Crippen LogP contribution in [0, 0.1) is 0 Å². The molecule has 0 amide bonds. The molecular weight excluding hydrogens is 356 g/mol. The lowest BCUT2D eigenvalue weighted by molar-refractivity contribution is 0.414. The van der Waals surface area contributed by atoms with E-state index in [1.807, 2.05) is 18.2 Å². The van der Waals surface area contributed by atoms with Gasteiger partial charge in [-0.05, 0) is 30.3 Å². The molecule has 0 unspecified atom stereocenters. The predicted molar refractivity (Wildman–Crippen MR) is 87.2 cm³/mol. The summed E-state index contributed by atoms with van der Waals surface area (Å²) in [5, 5.41) is 1.30. The van der Waals surface area contributed by atoms with E-state index >= 15 is 0 Å². The Balaban J connectivity index is 2.24. The smallest absolute Gasteiger partial charge is 0.344 e. The van der Waals surface area contributed by atoms with Crippen molar-refractivity contribution >= 4 is 38.5 Å². The maximum Gasteiger partial charge on any atom is 0.344 e. The standard InChI is InChI=1S/C16H10BrClO3/c1-20-11-4-2-9-6-13(16(19)21-15(9)8-11)12-5-3-10(17)7-14(12)18/h2-8H,1H3. The van der Waals surface area contributed by atoms with Crippen molar-refractivity contribution in [1.82, 2.24) is 0 Å². The SMILES string of the molecule is COc1ccc2cc(-c3ccc(Br)cc3Cl)c(=O)oc2c1. The number of ether oxygens (including phenoxy) is 1. The molecule has 0 saturated heterocycles. The highest BCUT2D eigenvalue weighted by Gasteiger charge is 2.11. The lowest BCUT2D eigenvalue weighted by Crippen LogP contribution is -2.03. The van der Waals surface area contributed by atoms with Gasteiger partial charge in [0.05, 0.1) is 12.7 Å². The van der Waals surface area contributed by atoms with Crippen LogP contribution in [-0.4, -0.2) is 7.11 Å². The summed E-state index contributed by atoms with van der Waals surface area (Å²) in [5.41, 5.74) is 1.13. The molecule has 0 saturated carbocycles. The molecule has 3 aromatic rings. The molecule has 106 valence electrons. The van der Waals surface area contributed by atoms with E-state index in [1.54, 1.807) is 31.4 Å². The Kier molecular flexibility index (Phi) is 3.74. The highest BCUT2D eigenvalue weighted by atomic mass is 79.9. The second-order valence-corrected chi connectivity index (χ2v) is 5.80. The first-order valence-corrected chi connectivity index (χ1v) is 7.33. The van der Waals surface area contributed by atoms with Crippen LogP contribution in [0.25, 0.3) is 22.1 Å². The van der Waals surface area contributed by atoms with Gasteiger partial charge < -0.3 is 9.15 Å². The number of hydrogen-bond acceptors (Lipinski definition) is 3. The molecular formula is C16H10BrClO3. The first-order valence-electron chi connectivity index (χ1n) is 6.16. The van der Waals surface area contributed by atoms with Crippen LogP contribution >= 0.6 is 27.5 Å². The van der Waals surface area contributed by atoms with Gasteiger partial charge in [-0.2, -0.15) is 0 Å². The Morgan fingerprint density at radius 2 is 1.90 bits per heavy atom. The third-order valence-corrected chi connectivity index (χ3v) is 3.97. The molecule has 0 aliphatic heterocycles. The Labute approximate surface area is 134 Å². The molecule has 2 aromatic carbocycles. The molecule has 0 bridgehead atoms. The van der Waals surface area contributed by atoms with E-state index in [-0.39, 0.29) is 0 Å². The molecule has 3 nitrogen and oxygen atoms in total. The number of hydrogen-bond donors (Lipinski definition) is 0. The van der Waals surface area contributed by atoms with Crippen LogP contribution in [-0.2, 0) is 0 Å². The summed E-state index contributed by atoms with van der Waals surface area (Å²) in [6, 6.07) is 12.5. The monoisotopic (exact) mass is 364 g/mol. The third kappa shape index (κ3) is 2.69. The lowest BCUT2D eigenvalue weighted by atomic mass is 10.1. The largest absolute Gasteiger partial charge is 0.497 e. The molecule has 0 aliphatic rings. The molecule has 0 spiro atoms. The van der Waals surface area contributed by atoms with Crippen LogP contribution in [0.3, 0.4) is 0 Å². The quantitative estimate of drug-likeness (QED) is 0.607. The van der Waals surface area contributed by atoms with Gasteiger partial charge in [-0.1, -0.05) is 33.6 Å². The predicted octanol–water partition coefficient (Wildman–Crippen LogP) is 4.88. The lowest BCUT2D eigenvalue weighted by Gasteiger charge is -2.06. The minimum Gasteiger partial charge on any atom is -0.497 e. The fourth-order valence-electron chi connectivity index (χ4n) is 2.11. The highest BCUT2D eigenvalue weighted by Crippen LogP contribution is 2.30. The zero-order chi connectivity index (χ0) is 15.0. The molecule has 3 rings (SSSR count). The van der Waals surface area contributed by atoms with E-state index in [9.17, 15) is 4.79 Å². The first-order chi connectivity index (χ1) is 10.1. The van der Waals surface area contributed by atoms with Crippen molar-refractivity contribution < 1.29 is 9.15 Å². The van der Waals surface area contributed by atoms with E-state index in [2.05, 4.69) is 15.9 Å². The Morgan fingerprint density at radius 3 is 2.62 bits per heavy atom. The van der Waals surface area contributed by atoms with Crippen molar-refractivity contribution in [1.29, 1.82) is 0 Å². The van der Waals surface area contributed by atoms with Crippen LogP contribution < -0.4 is 10.4 Å². The van der Waals surface area contributed by atoms with Crippen molar-refractivity contribution in [3.05, 3.63) is 62.4 Å².